The van der Waals surface area contributed by atoms with Gasteiger partial charge in [-0.25, -0.2) is 4.79 Å². The Morgan fingerprint density at radius 3 is 2.81 bits per heavy atom. The molecule has 0 fully saturated rings. The number of hydrogen-bond acceptors (Lipinski definition) is 3. The van der Waals surface area contributed by atoms with Crippen LogP contribution in [0.15, 0.2) is 28.7 Å². The SMILES string of the molecule is CCc1nn(CC)c(COc2cccc(C(=O)O)c2)c1Br. The van der Waals surface area contributed by atoms with E-state index in [0.717, 1.165) is 28.8 Å². The van der Waals surface area contributed by atoms with Gasteiger partial charge in [0.2, 0.25) is 0 Å². The number of nitrogens with zero attached hydrogens (tertiary/aromatic N) is 2. The van der Waals surface area contributed by atoms with Gasteiger partial charge in [0.05, 0.1) is 21.4 Å². The summed E-state index contributed by atoms with van der Waals surface area (Å²) < 4.78 is 8.56. The lowest BCUT2D eigenvalue weighted by Gasteiger charge is -2.09. The third-order valence-corrected chi connectivity index (χ3v) is 4.07. The van der Waals surface area contributed by atoms with E-state index in [4.69, 9.17) is 9.84 Å². The summed E-state index contributed by atoms with van der Waals surface area (Å²) in [5, 5.41) is 13.5. The molecule has 0 atom stereocenters. The van der Waals surface area contributed by atoms with E-state index in [2.05, 4.69) is 21.0 Å². The normalized spacial score (nSPS) is 10.6. The van der Waals surface area contributed by atoms with Crippen molar-refractivity contribution in [3.05, 3.63) is 45.7 Å². The van der Waals surface area contributed by atoms with Gasteiger partial charge in [0.25, 0.3) is 0 Å². The highest BCUT2D eigenvalue weighted by Gasteiger charge is 2.14. The first kappa shape index (κ1) is 15.6. The van der Waals surface area contributed by atoms with E-state index in [0.29, 0.717) is 12.4 Å². The van der Waals surface area contributed by atoms with E-state index in [9.17, 15) is 4.79 Å². The summed E-state index contributed by atoms with van der Waals surface area (Å²) in [5.41, 5.74) is 2.16. The molecule has 5 nitrogen and oxygen atoms in total. The van der Waals surface area contributed by atoms with Crippen LogP contribution in [0.1, 0.15) is 35.6 Å². The third-order valence-electron chi connectivity index (χ3n) is 3.15. The van der Waals surface area contributed by atoms with Crippen LogP contribution in [-0.4, -0.2) is 20.9 Å². The molecule has 0 unspecified atom stereocenters. The Morgan fingerprint density at radius 2 is 2.19 bits per heavy atom. The number of halogens is 1. The van der Waals surface area contributed by atoms with Crippen molar-refractivity contribution < 1.29 is 14.6 Å². The summed E-state index contributed by atoms with van der Waals surface area (Å²) >= 11 is 3.56. The smallest absolute Gasteiger partial charge is 0.335 e. The minimum absolute atomic E-state index is 0.213. The largest absolute Gasteiger partial charge is 0.487 e. The standard InChI is InChI=1S/C15H17BrN2O3/c1-3-12-14(16)13(18(4-2)17-12)9-21-11-7-5-6-10(8-11)15(19)20/h5-8H,3-4,9H2,1-2H3,(H,19,20). The molecule has 1 N–H and O–H groups in total. The summed E-state index contributed by atoms with van der Waals surface area (Å²) in [7, 11) is 0. The molecule has 0 aliphatic carbocycles. The predicted octanol–water partition coefficient (Wildman–Crippen LogP) is 3.51. The van der Waals surface area contributed by atoms with Gasteiger partial charge in [-0.05, 0) is 47.5 Å². The van der Waals surface area contributed by atoms with Crippen LogP contribution < -0.4 is 4.74 Å². The fourth-order valence-corrected chi connectivity index (χ4v) is 2.70. The second-order valence-electron chi connectivity index (χ2n) is 4.50. The molecule has 6 heteroatoms. The van der Waals surface area contributed by atoms with Crippen LogP contribution >= 0.6 is 15.9 Å². The maximum Gasteiger partial charge on any atom is 0.335 e. The molecule has 0 amide bonds. The Morgan fingerprint density at radius 1 is 1.43 bits per heavy atom. The highest BCUT2D eigenvalue weighted by molar-refractivity contribution is 9.10. The molecule has 21 heavy (non-hydrogen) atoms. The fraction of sp³-hybridized carbons (Fsp3) is 0.333. The molecule has 1 aromatic carbocycles. The lowest BCUT2D eigenvalue weighted by molar-refractivity contribution is 0.0696. The number of aromatic nitrogens is 2. The lowest BCUT2D eigenvalue weighted by atomic mass is 10.2. The van der Waals surface area contributed by atoms with Crippen LogP contribution in [0.25, 0.3) is 0 Å². The molecule has 2 rings (SSSR count). The number of aromatic carboxylic acids is 1. The van der Waals surface area contributed by atoms with Crippen molar-refractivity contribution in [3.63, 3.8) is 0 Å². The average Bonchev–Trinajstić information content (AvgIpc) is 2.81. The maximum absolute atomic E-state index is 10.9. The van der Waals surface area contributed by atoms with Gasteiger partial charge in [-0.1, -0.05) is 13.0 Å². The highest BCUT2D eigenvalue weighted by Crippen LogP contribution is 2.24. The van der Waals surface area contributed by atoms with Crippen LogP contribution in [0.2, 0.25) is 0 Å². The number of hydrogen-bond donors (Lipinski definition) is 1. The van der Waals surface area contributed by atoms with Gasteiger partial charge in [-0.15, -0.1) is 0 Å². The first-order valence-corrected chi connectivity index (χ1v) is 7.56. The number of rotatable bonds is 6. The summed E-state index contributed by atoms with van der Waals surface area (Å²) in [6, 6.07) is 6.47. The lowest BCUT2D eigenvalue weighted by Crippen LogP contribution is -2.07. The molecular formula is C15H17BrN2O3. The van der Waals surface area contributed by atoms with Crippen LogP contribution in [0, 0.1) is 0 Å². The van der Waals surface area contributed by atoms with E-state index in [1.165, 1.54) is 12.1 Å². The van der Waals surface area contributed by atoms with Crippen molar-refractivity contribution in [2.45, 2.75) is 33.4 Å². The predicted molar refractivity (Wildman–Crippen MR) is 82.7 cm³/mol. The summed E-state index contributed by atoms with van der Waals surface area (Å²) in [6.45, 7) is 5.17. The molecule has 1 aromatic heterocycles. The molecule has 0 aliphatic heterocycles. The zero-order valence-corrected chi connectivity index (χ0v) is 13.6. The molecule has 0 spiro atoms. The Balaban J connectivity index is 2.18. The van der Waals surface area contributed by atoms with Crippen molar-refractivity contribution in [1.29, 1.82) is 0 Å². The van der Waals surface area contributed by atoms with Crippen LogP contribution in [0.4, 0.5) is 0 Å². The topological polar surface area (TPSA) is 64.4 Å². The number of aryl methyl sites for hydroxylation is 2. The van der Waals surface area contributed by atoms with Gasteiger partial charge in [-0.2, -0.15) is 5.10 Å². The first-order chi connectivity index (χ1) is 10.1. The van der Waals surface area contributed by atoms with E-state index in [1.54, 1.807) is 12.1 Å². The Kier molecular flexibility index (Phi) is 5.01. The van der Waals surface area contributed by atoms with Gasteiger partial charge >= 0.3 is 5.97 Å². The average molecular weight is 353 g/mol. The van der Waals surface area contributed by atoms with Gasteiger partial charge < -0.3 is 9.84 Å². The zero-order chi connectivity index (χ0) is 15.4. The second kappa shape index (κ2) is 6.76. The molecule has 0 saturated heterocycles. The van der Waals surface area contributed by atoms with Crippen LogP contribution in [0.3, 0.4) is 0 Å². The van der Waals surface area contributed by atoms with Crippen molar-refractivity contribution in [1.82, 2.24) is 9.78 Å². The summed E-state index contributed by atoms with van der Waals surface area (Å²) in [6.07, 6.45) is 0.842. The van der Waals surface area contributed by atoms with Crippen molar-refractivity contribution in [2.24, 2.45) is 0 Å². The number of ether oxygens (including phenoxy) is 1. The van der Waals surface area contributed by atoms with E-state index >= 15 is 0 Å². The number of carboxylic acids is 1. The molecule has 0 aliphatic rings. The molecule has 0 radical (unpaired) electrons. The van der Waals surface area contributed by atoms with Crippen LogP contribution in [-0.2, 0) is 19.6 Å². The Hall–Kier alpha value is -1.82. The van der Waals surface area contributed by atoms with Gasteiger partial charge in [0.15, 0.2) is 0 Å². The quantitative estimate of drug-likeness (QED) is 0.863. The van der Waals surface area contributed by atoms with E-state index in [-0.39, 0.29) is 5.56 Å². The van der Waals surface area contributed by atoms with Gasteiger partial charge in [0.1, 0.15) is 12.4 Å². The number of carbonyl (C=O) groups is 1. The molecule has 112 valence electrons. The van der Waals surface area contributed by atoms with Crippen molar-refractivity contribution in [2.75, 3.05) is 0 Å². The molecule has 0 bridgehead atoms. The minimum atomic E-state index is -0.964. The minimum Gasteiger partial charge on any atom is -0.487 e. The highest BCUT2D eigenvalue weighted by atomic mass is 79.9. The van der Waals surface area contributed by atoms with Crippen molar-refractivity contribution in [3.8, 4) is 5.75 Å². The molecule has 2 aromatic rings. The number of carboxylic acid groups (broad SMARTS) is 1. The second-order valence-corrected chi connectivity index (χ2v) is 5.29. The van der Waals surface area contributed by atoms with Gasteiger partial charge in [-0.3, -0.25) is 4.68 Å². The maximum atomic E-state index is 10.9. The van der Waals surface area contributed by atoms with E-state index in [1.807, 2.05) is 18.5 Å². The van der Waals surface area contributed by atoms with E-state index < -0.39 is 5.97 Å². The molecule has 1 heterocycles. The number of benzene rings is 1. The summed E-state index contributed by atoms with van der Waals surface area (Å²) in [4.78, 5) is 10.9. The third kappa shape index (κ3) is 3.44. The fourth-order valence-electron chi connectivity index (χ4n) is 2.03. The Labute approximate surface area is 131 Å². The molecular weight excluding hydrogens is 336 g/mol. The Bertz CT molecular complexity index is 652. The summed E-state index contributed by atoms with van der Waals surface area (Å²) in [5.74, 6) is -0.433. The van der Waals surface area contributed by atoms with Gasteiger partial charge in [0, 0.05) is 6.54 Å². The molecule has 0 saturated carbocycles. The van der Waals surface area contributed by atoms with Crippen molar-refractivity contribution >= 4 is 21.9 Å². The monoisotopic (exact) mass is 352 g/mol. The van der Waals surface area contributed by atoms with Crippen LogP contribution in [0.5, 0.6) is 5.75 Å². The zero-order valence-electron chi connectivity index (χ0n) is 12.0. The first-order valence-electron chi connectivity index (χ1n) is 6.77.